The molecule has 0 spiro atoms. The quantitative estimate of drug-likeness (QED) is 0.434. The highest BCUT2D eigenvalue weighted by Crippen LogP contribution is 2.24. The maximum absolute atomic E-state index is 13.8. The topological polar surface area (TPSA) is 71.6 Å². The average molecular weight is 432 g/mol. The predicted octanol–water partition coefficient (Wildman–Crippen LogP) is 4.36. The summed E-state index contributed by atoms with van der Waals surface area (Å²) in [6, 6.07) is 15.5. The Balaban J connectivity index is 1.52. The third kappa shape index (κ3) is 3.72. The number of pyridine rings is 1. The van der Waals surface area contributed by atoms with Crippen LogP contribution in [0, 0.1) is 11.6 Å². The molecule has 0 aliphatic carbocycles. The van der Waals surface area contributed by atoms with Gasteiger partial charge in [-0.25, -0.2) is 13.8 Å². The van der Waals surface area contributed by atoms with E-state index in [1.807, 2.05) is 0 Å². The van der Waals surface area contributed by atoms with Crippen LogP contribution in [-0.2, 0) is 13.2 Å². The molecule has 0 saturated heterocycles. The van der Waals surface area contributed by atoms with Crippen molar-refractivity contribution in [2.24, 2.45) is 0 Å². The van der Waals surface area contributed by atoms with Crippen LogP contribution in [0.3, 0.4) is 0 Å². The van der Waals surface area contributed by atoms with E-state index in [2.05, 4.69) is 10.3 Å². The van der Waals surface area contributed by atoms with Gasteiger partial charge in [-0.3, -0.25) is 4.79 Å². The van der Waals surface area contributed by atoms with E-state index >= 15 is 0 Å². The fourth-order valence-corrected chi connectivity index (χ4v) is 3.81. The number of hydrogen-bond acceptors (Lipinski definition) is 3. The first-order valence-electron chi connectivity index (χ1n) is 9.93. The number of carbonyl (C=O) groups excluding carboxylic acids is 1. The second-order valence-corrected chi connectivity index (χ2v) is 7.48. The molecule has 0 bridgehead atoms. The van der Waals surface area contributed by atoms with Crippen molar-refractivity contribution in [3.63, 3.8) is 0 Å². The number of hydrogen-bond donors (Lipinski definition) is 2. The minimum atomic E-state index is -0.405. The summed E-state index contributed by atoms with van der Waals surface area (Å²) in [6.07, 6.45) is 3.37. The van der Waals surface area contributed by atoms with Crippen molar-refractivity contribution >= 4 is 28.1 Å². The average Bonchev–Trinajstić information content (AvgIpc) is 3.34. The summed E-state index contributed by atoms with van der Waals surface area (Å²) in [5.41, 5.74) is 3.35. The Bertz CT molecular complexity index is 1470. The molecule has 8 heteroatoms. The fourth-order valence-electron chi connectivity index (χ4n) is 3.81. The molecule has 6 nitrogen and oxygen atoms in total. The molecular weight excluding hydrogens is 414 g/mol. The number of nitrogens with one attached hydrogen (secondary N) is 1. The lowest BCUT2D eigenvalue weighted by Gasteiger charge is -2.12. The number of fused-ring (bicyclic) bond motifs is 2. The lowest BCUT2D eigenvalue weighted by atomic mass is 10.2. The van der Waals surface area contributed by atoms with Crippen LogP contribution in [0.5, 0.6) is 0 Å². The first-order valence-corrected chi connectivity index (χ1v) is 9.93. The summed E-state index contributed by atoms with van der Waals surface area (Å²) in [7, 11) is 0. The van der Waals surface area contributed by atoms with E-state index < -0.39 is 5.82 Å². The van der Waals surface area contributed by atoms with Crippen LogP contribution >= 0.6 is 0 Å². The number of anilines is 1. The van der Waals surface area contributed by atoms with Gasteiger partial charge in [0.05, 0.1) is 18.0 Å². The number of aliphatic hydroxyl groups excluding tert-OH is 1. The molecule has 0 aliphatic heterocycles. The van der Waals surface area contributed by atoms with Crippen LogP contribution in [0.1, 0.15) is 21.7 Å². The maximum Gasteiger partial charge on any atom is 0.272 e. The number of halogens is 2. The van der Waals surface area contributed by atoms with Crippen LogP contribution in [0.15, 0.2) is 73.1 Å². The number of rotatable bonds is 5. The van der Waals surface area contributed by atoms with E-state index in [1.165, 1.54) is 24.3 Å². The lowest BCUT2D eigenvalue weighted by Crippen LogP contribution is -2.17. The third-order valence-electron chi connectivity index (χ3n) is 5.25. The number of carbonyl (C=O) groups is 1. The van der Waals surface area contributed by atoms with Crippen molar-refractivity contribution in [3.8, 4) is 0 Å². The number of aromatic nitrogens is 3. The largest absolute Gasteiger partial charge is 0.390 e. The lowest BCUT2D eigenvalue weighted by molar-refractivity contribution is 0.101. The zero-order chi connectivity index (χ0) is 22.2. The molecule has 32 heavy (non-hydrogen) atoms. The Morgan fingerprint density at radius 3 is 2.66 bits per heavy atom. The van der Waals surface area contributed by atoms with Gasteiger partial charge < -0.3 is 19.4 Å². The van der Waals surface area contributed by atoms with Gasteiger partial charge in [0, 0.05) is 29.8 Å². The van der Waals surface area contributed by atoms with Gasteiger partial charge in [-0.2, -0.15) is 0 Å². The molecule has 5 aromatic rings. The summed E-state index contributed by atoms with van der Waals surface area (Å²) in [5, 5.41) is 12.7. The molecule has 3 aromatic heterocycles. The van der Waals surface area contributed by atoms with Crippen LogP contribution in [0.25, 0.3) is 16.6 Å². The number of imidazole rings is 1. The zero-order valence-electron chi connectivity index (χ0n) is 16.8. The second-order valence-electron chi connectivity index (χ2n) is 7.48. The van der Waals surface area contributed by atoms with E-state index in [0.717, 1.165) is 0 Å². The normalized spacial score (nSPS) is 11.3. The van der Waals surface area contributed by atoms with Gasteiger partial charge >= 0.3 is 0 Å². The zero-order valence-corrected chi connectivity index (χ0v) is 16.8. The van der Waals surface area contributed by atoms with Gasteiger partial charge in [-0.1, -0.05) is 12.1 Å². The van der Waals surface area contributed by atoms with Crippen molar-refractivity contribution in [3.05, 3.63) is 102 Å². The predicted molar refractivity (Wildman–Crippen MR) is 116 cm³/mol. The highest BCUT2D eigenvalue weighted by molar-refractivity contribution is 6.06. The van der Waals surface area contributed by atoms with E-state index in [4.69, 9.17) is 0 Å². The molecule has 2 aromatic carbocycles. The summed E-state index contributed by atoms with van der Waals surface area (Å²) in [6.45, 7) is 0.0657. The van der Waals surface area contributed by atoms with Crippen LogP contribution in [0.2, 0.25) is 0 Å². The van der Waals surface area contributed by atoms with E-state index in [9.17, 15) is 18.7 Å². The van der Waals surface area contributed by atoms with E-state index in [1.54, 1.807) is 57.8 Å². The van der Waals surface area contributed by atoms with Crippen molar-refractivity contribution in [1.82, 2.24) is 14.0 Å². The molecule has 1 amide bonds. The smallest absolute Gasteiger partial charge is 0.272 e. The Hall–Kier alpha value is -4.04. The monoisotopic (exact) mass is 432 g/mol. The molecule has 0 atom stereocenters. The van der Waals surface area contributed by atoms with E-state index in [0.29, 0.717) is 39.2 Å². The van der Waals surface area contributed by atoms with Crippen molar-refractivity contribution < 1.29 is 18.7 Å². The first kappa shape index (κ1) is 19.9. The van der Waals surface area contributed by atoms with Crippen molar-refractivity contribution in [2.45, 2.75) is 13.2 Å². The first-order chi connectivity index (χ1) is 15.5. The van der Waals surface area contributed by atoms with Crippen LogP contribution in [0.4, 0.5) is 14.5 Å². The number of benzene rings is 2. The molecule has 160 valence electrons. The minimum Gasteiger partial charge on any atom is -0.390 e. The molecule has 0 aliphatic rings. The standard InChI is InChI=1S/C24H18F2N4O2/c25-17-3-1-2-15(8-17)11-30-21-6-4-18(26)9-16(21)10-22(30)24(32)28-19-5-7-23-27-20(14-31)13-29(23)12-19/h1-10,12-13,31H,11,14H2,(H,28,32). The van der Waals surface area contributed by atoms with Gasteiger partial charge in [0.25, 0.3) is 5.91 Å². The summed E-state index contributed by atoms with van der Waals surface area (Å²) < 4.78 is 30.9. The number of nitrogens with zero attached hydrogens (tertiary/aromatic N) is 3. The van der Waals surface area contributed by atoms with Crippen LogP contribution < -0.4 is 5.32 Å². The summed E-state index contributed by atoms with van der Waals surface area (Å²) in [4.78, 5) is 17.4. The minimum absolute atomic E-state index is 0.180. The maximum atomic E-state index is 13.8. The Labute approximate surface area is 181 Å². The molecule has 2 N–H and O–H groups in total. The summed E-state index contributed by atoms with van der Waals surface area (Å²) in [5.74, 6) is -1.16. The van der Waals surface area contributed by atoms with E-state index in [-0.39, 0.29) is 24.9 Å². The van der Waals surface area contributed by atoms with Gasteiger partial charge in [-0.05, 0) is 54.1 Å². The number of amides is 1. The van der Waals surface area contributed by atoms with Gasteiger partial charge in [0.1, 0.15) is 23.0 Å². The molecule has 0 fully saturated rings. The molecule has 5 rings (SSSR count). The van der Waals surface area contributed by atoms with Gasteiger partial charge in [0.15, 0.2) is 0 Å². The molecule has 0 unspecified atom stereocenters. The Kier molecular flexibility index (Phi) is 4.91. The van der Waals surface area contributed by atoms with Gasteiger partial charge in [-0.15, -0.1) is 0 Å². The summed E-state index contributed by atoms with van der Waals surface area (Å²) >= 11 is 0. The Morgan fingerprint density at radius 1 is 1.00 bits per heavy atom. The molecular formula is C24H18F2N4O2. The number of aliphatic hydroxyl groups is 1. The highest BCUT2D eigenvalue weighted by Gasteiger charge is 2.17. The molecule has 0 saturated carbocycles. The Morgan fingerprint density at radius 2 is 1.84 bits per heavy atom. The molecule has 3 heterocycles. The SMILES string of the molecule is O=C(Nc1ccc2nc(CO)cn2c1)c1cc2cc(F)ccc2n1Cc1cccc(F)c1. The van der Waals surface area contributed by atoms with Gasteiger partial charge in [0.2, 0.25) is 0 Å². The van der Waals surface area contributed by atoms with Crippen molar-refractivity contribution in [2.75, 3.05) is 5.32 Å². The highest BCUT2D eigenvalue weighted by atomic mass is 19.1. The third-order valence-corrected chi connectivity index (χ3v) is 5.25. The molecule has 0 radical (unpaired) electrons. The van der Waals surface area contributed by atoms with Crippen LogP contribution in [-0.4, -0.2) is 25.0 Å². The second kappa shape index (κ2) is 7.90. The van der Waals surface area contributed by atoms with Crippen molar-refractivity contribution in [1.29, 1.82) is 0 Å². The fraction of sp³-hybridized carbons (Fsp3) is 0.0833.